The average Bonchev–Trinajstić information content (AvgIpc) is 3.21. The molecule has 3 aromatic carbocycles. The minimum atomic E-state index is -0.620. The molecule has 0 aliphatic heterocycles. The van der Waals surface area contributed by atoms with Crippen molar-refractivity contribution < 1.29 is 28.8 Å². The van der Waals surface area contributed by atoms with Gasteiger partial charge in [0.1, 0.15) is 6.61 Å². The van der Waals surface area contributed by atoms with Gasteiger partial charge in [0, 0.05) is 30.2 Å². The topological polar surface area (TPSA) is 125 Å². The van der Waals surface area contributed by atoms with E-state index in [1.54, 1.807) is 0 Å². The second-order valence-corrected chi connectivity index (χ2v) is 8.00. The number of esters is 1. The maximum atomic E-state index is 11.8. The van der Waals surface area contributed by atoms with Gasteiger partial charge >= 0.3 is 12.1 Å². The van der Waals surface area contributed by atoms with Crippen molar-refractivity contribution in [1.82, 2.24) is 5.32 Å². The number of alkyl carbamates (subject to hydrolysis) is 1. The lowest BCUT2D eigenvalue weighted by atomic mass is 9.98. The summed E-state index contributed by atoms with van der Waals surface area (Å²) in [5, 5.41) is 12.1. The average molecular weight is 511 g/mol. The lowest BCUT2D eigenvalue weighted by molar-refractivity contribution is -0.384. The lowest BCUT2D eigenvalue weighted by Gasteiger charge is -2.14. The summed E-state index contributed by atoms with van der Waals surface area (Å²) in [5.41, 5.74) is 4.90. The van der Waals surface area contributed by atoms with Gasteiger partial charge in [0.2, 0.25) is 0 Å². The molecule has 4 rings (SSSR count). The first-order chi connectivity index (χ1) is 17.3. The number of amides is 1. The van der Waals surface area contributed by atoms with Crippen molar-refractivity contribution in [2.75, 3.05) is 20.3 Å². The van der Waals surface area contributed by atoms with E-state index < -0.39 is 16.3 Å². The summed E-state index contributed by atoms with van der Waals surface area (Å²) in [7, 11) is 1.32. The van der Waals surface area contributed by atoms with Crippen LogP contribution in [0.2, 0.25) is 0 Å². The molecule has 0 spiro atoms. The van der Waals surface area contributed by atoms with E-state index in [2.05, 4.69) is 34.3 Å². The van der Waals surface area contributed by atoms with Crippen LogP contribution >= 0.6 is 11.6 Å². The first kappa shape index (κ1) is 26.4. The van der Waals surface area contributed by atoms with E-state index in [4.69, 9.17) is 16.3 Å². The van der Waals surface area contributed by atoms with Gasteiger partial charge in [0.15, 0.2) is 0 Å². The molecule has 0 fully saturated rings. The Balaban J connectivity index is 0.000000253. The number of halogens is 1. The number of methoxy groups -OCH3 is 1. The standard InChI is InChI=1S/C19H19NO4.C7H4ClNO3/c1-23-18(21)10-11-20-19(22)24-12-17-15-8-4-2-6-13(15)14-7-3-5-9-16(14)17;8-7(10)5-1-3-6(4-2-5)9(11)12/h2-9,17H,10-12H2,1H3,(H,20,22);1-4H. The molecule has 36 heavy (non-hydrogen) atoms. The predicted molar refractivity (Wildman–Crippen MR) is 133 cm³/mol. The number of ether oxygens (including phenoxy) is 2. The summed E-state index contributed by atoms with van der Waals surface area (Å²) in [4.78, 5) is 43.0. The number of non-ortho nitro benzene ring substituents is 1. The summed E-state index contributed by atoms with van der Waals surface area (Å²) in [5.74, 6) is -0.335. The number of nitrogens with zero attached hydrogens (tertiary/aromatic N) is 1. The number of carbonyl (C=O) groups is 3. The maximum absolute atomic E-state index is 11.8. The van der Waals surface area contributed by atoms with E-state index in [1.807, 2.05) is 24.3 Å². The Hall–Kier alpha value is -4.24. The van der Waals surface area contributed by atoms with Crippen LogP contribution in [0.4, 0.5) is 10.5 Å². The summed E-state index contributed by atoms with van der Waals surface area (Å²) in [6.07, 6.45) is -0.401. The molecule has 10 heteroatoms. The van der Waals surface area contributed by atoms with Crippen LogP contribution in [0.3, 0.4) is 0 Å². The van der Waals surface area contributed by atoms with E-state index in [0.717, 1.165) is 0 Å². The molecule has 1 aliphatic rings. The van der Waals surface area contributed by atoms with E-state index in [0.29, 0.717) is 0 Å². The zero-order chi connectivity index (χ0) is 26.1. The van der Waals surface area contributed by atoms with Crippen LogP contribution in [0.25, 0.3) is 11.1 Å². The predicted octanol–water partition coefficient (Wildman–Crippen LogP) is 5.06. The number of nitro groups is 1. The van der Waals surface area contributed by atoms with Crippen LogP contribution in [0.1, 0.15) is 33.8 Å². The van der Waals surface area contributed by atoms with Gasteiger partial charge in [-0.15, -0.1) is 0 Å². The van der Waals surface area contributed by atoms with Crippen molar-refractivity contribution in [3.63, 3.8) is 0 Å². The van der Waals surface area contributed by atoms with Gasteiger partial charge in [-0.2, -0.15) is 0 Å². The molecule has 0 radical (unpaired) electrons. The highest BCUT2D eigenvalue weighted by molar-refractivity contribution is 6.67. The highest BCUT2D eigenvalue weighted by atomic mass is 35.5. The Labute approximate surface area is 212 Å². The Morgan fingerprint density at radius 1 is 0.944 bits per heavy atom. The lowest BCUT2D eigenvalue weighted by Crippen LogP contribution is -2.28. The third kappa shape index (κ3) is 6.67. The summed E-state index contributed by atoms with van der Waals surface area (Å²) < 4.78 is 9.87. The number of fused-ring (bicyclic) bond motifs is 3. The molecular formula is C26H23ClN2O7. The third-order valence-corrected chi connectivity index (χ3v) is 5.69. The molecule has 0 atom stereocenters. The molecule has 0 saturated carbocycles. The molecule has 3 aromatic rings. The monoisotopic (exact) mass is 510 g/mol. The van der Waals surface area contributed by atoms with E-state index in [-0.39, 0.29) is 42.7 Å². The first-order valence-corrected chi connectivity index (χ1v) is 11.3. The number of nitrogens with one attached hydrogen (secondary N) is 1. The summed E-state index contributed by atoms with van der Waals surface area (Å²) >= 11 is 5.13. The van der Waals surface area contributed by atoms with Crippen molar-refractivity contribution in [1.29, 1.82) is 0 Å². The molecule has 0 bridgehead atoms. The van der Waals surface area contributed by atoms with Crippen molar-refractivity contribution in [2.45, 2.75) is 12.3 Å². The molecule has 9 nitrogen and oxygen atoms in total. The summed E-state index contributed by atoms with van der Waals surface area (Å²) in [6, 6.07) is 21.4. The second kappa shape index (κ2) is 12.5. The number of benzene rings is 3. The van der Waals surface area contributed by atoms with Gasteiger partial charge in [0.25, 0.3) is 10.9 Å². The molecule has 1 amide bonds. The molecule has 0 saturated heterocycles. The van der Waals surface area contributed by atoms with Gasteiger partial charge in [-0.05, 0) is 46.0 Å². The molecule has 0 aromatic heterocycles. The summed E-state index contributed by atoms with van der Waals surface area (Å²) in [6.45, 7) is 0.460. The first-order valence-electron chi connectivity index (χ1n) is 10.9. The zero-order valence-electron chi connectivity index (χ0n) is 19.3. The Morgan fingerprint density at radius 3 is 2.00 bits per heavy atom. The van der Waals surface area contributed by atoms with Gasteiger partial charge in [-0.25, -0.2) is 4.79 Å². The van der Waals surface area contributed by atoms with Gasteiger partial charge in [0.05, 0.1) is 18.5 Å². The van der Waals surface area contributed by atoms with Crippen LogP contribution in [0.15, 0.2) is 72.8 Å². The van der Waals surface area contributed by atoms with Gasteiger partial charge in [-0.3, -0.25) is 19.7 Å². The van der Waals surface area contributed by atoms with E-state index in [1.165, 1.54) is 53.6 Å². The Kier molecular flexibility index (Phi) is 9.13. The largest absolute Gasteiger partial charge is 0.469 e. The van der Waals surface area contributed by atoms with Crippen molar-refractivity contribution in [3.05, 3.63) is 99.6 Å². The van der Waals surface area contributed by atoms with E-state index in [9.17, 15) is 24.5 Å². The highest BCUT2D eigenvalue weighted by Gasteiger charge is 2.28. The molecule has 1 N–H and O–H groups in total. The maximum Gasteiger partial charge on any atom is 0.407 e. The number of rotatable bonds is 7. The fraction of sp³-hybridized carbons (Fsp3) is 0.192. The quantitative estimate of drug-likeness (QED) is 0.204. The van der Waals surface area contributed by atoms with Crippen LogP contribution in [0.5, 0.6) is 0 Å². The highest BCUT2D eigenvalue weighted by Crippen LogP contribution is 2.44. The van der Waals surface area contributed by atoms with Crippen LogP contribution in [-0.2, 0) is 14.3 Å². The van der Waals surface area contributed by atoms with Crippen molar-refractivity contribution in [2.24, 2.45) is 0 Å². The van der Waals surface area contributed by atoms with Crippen LogP contribution in [0, 0.1) is 10.1 Å². The fourth-order valence-corrected chi connectivity index (χ4v) is 3.86. The Morgan fingerprint density at radius 2 is 1.50 bits per heavy atom. The van der Waals surface area contributed by atoms with Gasteiger partial charge < -0.3 is 14.8 Å². The third-order valence-electron chi connectivity index (χ3n) is 5.47. The van der Waals surface area contributed by atoms with Gasteiger partial charge in [-0.1, -0.05) is 48.5 Å². The van der Waals surface area contributed by atoms with Crippen LogP contribution < -0.4 is 5.32 Å². The number of nitro benzene ring substituents is 1. The number of carbonyl (C=O) groups excluding carboxylic acids is 3. The van der Waals surface area contributed by atoms with Crippen LogP contribution in [-0.4, -0.2) is 42.5 Å². The molecule has 186 valence electrons. The second-order valence-electron chi connectivity index (χ2n) is 7.66. The zero-order valence-corrected chi connectivity index (χ0v) is 20.1. The minimum Gasteiger partial charge on any atom is -0.469 e. The number of hydrogen-bond acceptors (Lipinski definition) is 7. The SMILES string of the molecule is COC(=O)CCNC(=O)OCC1c2ccccc2-c2ccccc21.O=C(Cl)c1ccc([N+](=O)[O-])cc1. The molecule has 0 heterocycles. The normalized spacial score (nSPS) is 11.3. The fourth-order valence-electron chi connectivity index (χ4n) is 3.73. The molecule has 0 unspecified atom stereocenters. The van der Waals surface area contributed by atoms with Crippen molar-refractivity contribution in [3.8, 4) is 11.1 Å². The number of hydrogen-bond donors (Lipinski definition) is 1. The Bertz CT molecular complexity index is 1180. The smallest absolute Gasteiger partial charge is 0.407 e. The molecular weight excluding hydrogens is 488 g/mol. The van der Waals surface area contributed by atoms with E-state index >= 15 is 0 Å². The van der Waals surface area contributed by atoms with Crippen molar-refractivity contribution >= 4 is 34.6 Å². The molecule has 1 aliphatic carbocycles. The minimum absolute atomic E-state index is 0.0313.